The Morgan fingerprint density at radius 3 is 2.44 bits per heavy atom. The van der Waals surface area contributed by atoms with Gasteiger partial charge in [0.05, 0.1) is 5.69 Å². The molecule has 5 heteroatoms. The summed E-state index contributed by atoms with van der Waals surface area (Å²) in [5.74, 6) is 1.54. The molecule has 0 spiro atoms. The van der Waals surface area contributed by atoms with Gasteiger partial charge < -0.3 is 14.5 Å². The lowest BCUT2D eigenvalue weighted by atomic mass is 10.1. The number of aromatic nitrogens is 1. The molecule has 0 radical (unpaired) electrons. The van der Waals surface area contributed by atoms with E-state index < -0.39 is 0 Å². The number of amides is 1. The highest BCUT2D eigenvalue weighted by molar-refractivity contribution is 5.92. The van der Waals surface area contributed by atoms with Crippen LogP contribution in [0.1, 0.15) is 35.2 Å². The molecule has 5 nitrogen and oxygen atoms in total. The summed E-state index contributed by atoms with van der Waals surface area (Å²) in [7, 11) is 0. The number of carbonyl (C=O) groups is 1. The Morgan fingerprint density at radius 2 is 1.71 bits per heavy atom. The van der Waals surface area contributed by atoms with E-state index in [1.165, 1.54) is 22.4 Å². The summed E-state index contributed by atoms with van der Waals surface area (Å²) in [5, 5.41) is 0. The fourth-order valence-electron chi connectivity index (χ4n) is 4.93. The van der Waals surface area contributed by atoms with Gasteiger partial charge in [-0.3, -0.25) is 9.78 Å². The molecule has 1 saturated heterocycles. The van der Waals surface area contributed by atoms with Crippen molar-refractivity contribution in [3.8, 4) is 5.75 Å². The van der Waals surface area contributed by atoms with Crippen LogP contribution >= 0.6 is 0 Å². The number of fused-ring (bicyclic) bond motifs is 1. The first-order chi connectivity index (χ1) is 16.7. The molecule has 34 heavy (non-hydrogen) atoms. The van der Waals surface area contributed by atoms with Gasteiger partial charge in [0.15, 0.2) is 0 Å². The molecule has 1 amide bonds. The molecule has 0 atom stereocenters. The Balaban J connectivity index is 1.13. The van der Waals surface area contributed by atoms with E-state index >= 15 is 0 Å². The summed E-state index contributed by atoms with van der Waals surface area (Å²) in [6.45, 7) is 3.96. The van der Waals surface area contributed by atoms with Gasteiger partial charge in [0.2, 0.25) is 5.91 Å². The van der Waals surface area contributed by atoms with Gasteiger partial charge in [-0.2, -0.15) is 0 Å². The van der Waals surface area contributed by atoms with Gasteiger partial charge in [-0.05, 0) is 53.8 Å². The molecule has 2 fully saturated rings. The highest BCUT2D eigenvalue weighted by Crippen LogP contribution is 2.37. The van der Waals surface area contributed by atoms with Gasteiger partial charge in [-0.15, -0.1) is 0 Å². The highest BCUT2D eigenvalue weighted by Gasteiger charge is 2.35. The lowest BCUT2D eigenvalue weighted by molar-refractivity contribution is -0.132. The minimum absolute atomic E-state index is 0.303. The molecule has 3 aromatic rings. The number of pyridine rings is 1. The number of allylic oxidation sites excluding steroid dienone is 1. The first kappa shape index (κ1) is 21.0. The van der Waals surface area contributed by atoms with Crippen LogP contribution in [0.15, 0.2) is 66.9 Å². The molecule has 2 aromatic carbocycles. The maximum atomic E-state index is 12.4. The molecule has 0 unspecified atom stereocenters. The van der Waals surface area contributed by atoms with Gasteiger partial charge in [-0.25, -0.2) is 0 Å². The van der Waals surface area contributed by atoms with Crippen LogP contribution in [0.25, 0.3) is 11.6 Å². The molecule has 1 aliphatic heterocycles. The number of anilines is 1. The van der Waals surface area contributed by atoms with Crippen molar-refractivity contribution in [3.05, 3.63) is 89.2 Å². The number of carbonyl (C=O) groups excluding carboxylic acids is 1. The maximum Gasteiger partial charge on any atom is 0.225 e. The quantitative estimate of drug-likeness (QED) is 0.539. The van der Waals surface area contributed by atoms with Crippen molar-refractivity contribution in [2.45, 2.75) is 25.9 Å². The van der Waals surface area contributed by atoms with Crippen molar-refractivity contribution in [1.82, 2.24) is 9.88 Å². The smallest absolute Gasteiger partial charge is 0.225 e. The normalized spacial score (nSPS) is 17.4. The average Bonchev–Trinajstić information content (AvgIpc) is 3.66. The van der Waals surface area contributed by atoms with E-state index in [1.807, 2.05) is 36.5 Å². The predicted molar refractivity (Wildman–Crippen MR) is 135 cm³/mol. The van der Waals surface area contributed by atoms with E-state index in [-0.39, 0.29) is 0 Å². The van der Waals surface area contributed by atoms with E-state index in [2.05, 4.69) is 51.2 Å². The fourth-order valence-corrected chi connectivity index (χ4v) is 4.93. The van der Waals surface area contributed by atoms with E-state index in [4.69, 9.17) is 4.74 Å². The van der Waals surface area contributed by atoms with Gasteiger partial charge in [-0.1, -0.05) is 42.5 Å². The molecule has 0 N–H and O–H groups in total. The van der Waals surface area contributed by atoms with Crippen molar-refractivity contribution < 1.29 is 9.53 Å². The van der Waals surface area contributed by atoms with E-state index in [0.717, 1.165) is 62.4 Å². The van der Waals surface area contributed by atoms with Crippen LogP contribution in [0.4, 0.5) is 5.69 Å². The second-order valence-electron chi connectivity index (χ2n) is 9.42. The Morgan fingerprint density at radius 1 is 0.941 bits per heavy atom. The largest absolute Gasteiger partial charge is 0.489 e. The number of hydrogen-bond acceptors (Lipinski definition) is 4. The molecule has 2 heterocycles. The number of piperazine rings is 1. The maximum absolute atomic E-state index is 12.4. The van der Waals surface area contributed by atoms with Crippen LogP contribution in [0.3, 0.4) is 0 Å². The topological polar surface area (TPSA) is 45.7 Å². The number of ether oxygens (including phenoxy) is 1. The molecular weight excluding hydrogens is 422 g/mol. The summed E-state index contributed by atoms with van der Waals surface area (Å²) in [4.78, 5) is 21.6. The Hall–Kier alpha value is -3.60. The fraction of sp³-hybridized carbons (Fsp3) is 0.310. The summed E-state index contributed by atoms with van der Waals surface area (Å²) >= 11 is 0. The number of hydrogen-bond donors (Lipinski definition) is 0. The standard InChI is InChI=1S/C29H29N3O2/c33-29(23-6-7-23)32-16-14-31(15-17-32)28-12-13-30-27-19-24(18-26(27)28)22-8-10-25(11-9-22)34-20-21-4-2-1-3-5-21/h1-5,8-13,18,23H,6-7,14-17,19-20H2. The lowest BCUT2D eigenvalue weighted by Crippen LogP contribution is -2.49. The van der Waals surface area contributed by atoms with Crippen molar-refractivity contribution in [2.24, 2.45) is 5.92 Å². The van der Waals surface area contributed by atoms with Gasteiger partial charge in [0.1, 0.15) is 12.4 Å². The second-order valence-corrected chi connectivity index (χ2v) is 9.42. The average molecular weight is 452 g/mol. The first-order valence-corrected chi connectivity index (χ1v) is 12.2. The molecule has 0 bridgehead atoms. The summed E-state index contributed by atoms with van der Waals surface area (Å²) in [5.41, 5.74) is 7.25. The molecule has 172 valence electrons. The van der Waals surface area contributed by atoms with E-state index in [1.54, 1.807) is 0 Å². The Bertz CT molecular complexity index is 1210. The van der Waals surface area contributed by atoms with Gasteiger partial charge in [0.25, 0.3) is 0 Å². The van der Waals surface area contributed by atoms with Gasteiger partial charge in [0, 0.05) is 56.0 Å². The molecule has 3 aliphatic rings. The van der Waals surface area contributed by atoms with E-state index in [0.29, 0.717) is 18.4 Å². The van der Waals surface area contributed by atoms with Crippen LogP contribution in [0.2, 0.25) is 0 Å². The minimum Gasteiger partial charge on any atom is -0.489 e. The third-order valence-electron chi connectivity index (χ3n) is 7.06. The summed E-state index contributed by atoms with van der Waals surface area (Å²) < 4.78 is 5.95. The zero-order valence-electron chi connectivity index (χ0n) is 19.3. The van der Waals surface area contributed by atoms with Crippen molar-refractivity contribution in [2.75, 3.05) is 31.1 Å². The summed E-state index contributed by atoms with van der Waals surface area (Å²) in [6.07, 6.45) is 7.20. The molecule has 1 aromatic heterocycles. The third kappa shape index (κ3) is 4.30. The molecule has 1 saturated carbocycles. The second kappa shape index (κ2) is 8.98. The van der Waals surface area contributed by atoms with Crippen LogP contribution in [-0.2, 0) is 17.8 Å². The number of nitrogens with zero attached hydrogens (tertiary/aromatic N) is 3. The van der Waals surface area contributed by atoms with Gasteiger partial charge >= 0.3 is 0 Å². The number of rotatable bonds is 6. The number of benzene rings is 2. The molecule has 2 aliphatic carbocycles. The zero-order valence-corrected chi connectivity index (χ0v) is 19.3. The van der Waals surface area contributed by atoms with Crippen molar-refractivity contribution >= 4 is 23.2 Å². The van der Waals surface area contributed by atoms with E-state index in [9.17, 15) is 4.79 Å². The Kier molecular flexibility index (Phi) is 5.54. The van der Waals surface area contributed by atoms with Crippen LogP contribution in [0, 0.1) is 5.92 Å². The highest BCUT2D eigenvalue weighted by atomic mass is 16.5. The minimum atomic E-state index is 0.303. The molecule has 6 rings (SSSR count). The summed E-state index contributed by atoms with van der Waals surface area (Å²) in [6, 6.07) is 20.7. The third-order valence-corrected chi connectivity index (χ3v) is 7.06. The predicted octanol–water partition coefficient (Wildman–Crippen LogP) is 4.82. The van der Waals surface area contributed by atoms with Crippen molar-refractivity contribution in [3.63, 3.8) is 0 Å². The first-order valence-electron chi connectivity index (χ1n) is 12.2. The van der Waals surface area contributed by atoms with Crippen molar-refractivity contribution in [1.29, 1.82) is 0 Å². The molecular formula is C29H29N3O2. The SMILES string of the molecule is O=C(C1CC1)N1CCN(c2ccnc3c2C=C(c2ccc(OCc4ccccc4)cc2)C3)CC1. The van der Waals surface area contributed by atoms with Crippen LogP contribution in [-0.4, -0.2) is 42.0 Å². The van der Waals surface area contributed by atoms with Crippen LogP contribution in [0.5, 0.6) is 5.75 Å². The zero-order chi connectivity index (χ0) is 22.9. The Labute approximate surface area is 200 Å². The monoisotopic (exact) mass is 451 g/mol. The lowest BCUT2D eigenvalue weighted by Gasteiger charge is -2.37. The van der Waals surface area contributed by atoms with Crippen LogP contribution < -0.4 is 9.64 Å².